The van der Waals surface area contributed by atoms with Crippen LogP contribution in [0.25, 0.3) is 10.9 Å². The number of fused-ring (bicyclic) bond motifs is 1. The van der Waals surface area contributed by atoms with Crippen molar-refractivity contribution in [2.75, 3.05) is 5.32 Å². The Balaban J connectivity index is 1.93. The van der Waals surface area contributed by atoms with Crippen LogP contribution in [0.2, 0.25) is 0 Å². The molecule has 21 heavy (non-hydrogen) atoms. The number of hydrogen-bond donors (Lipinski definition) is 2. The van der Waals surface area contributed by atoms with Crippen LogP contribution >= 0.6 is 0 Å². The number of nitrogens with zero attached hydrogens (tertiary/aromatic N) is 1. The van der Waals surface area contributed by atoms with Gasteiger partial charge in [0, 0.05) is 11.1 Å². The van der Waals surface area contributed by atoms with Crippen molar-refractivity contribution >= 4 is 28.4 Å². The van der Waals surface area contributed by atoms with Crippen LogP contribution in [0.5, 0.6) is 0 Å². The van der Waals surface area contributed by atoms with Crippen molar-refractivity contribution in [1.82, 2.24) is 4.98 Å². The largest absolute Gasteiger partial charge is 0.478 e. The van der Waals surface area contributed by atoms with Gasteiger partial charge in [0.15, 0.2) is 0 Å². The van der Waals surface area contributed by atoms with Gasteiger partial charge in [-0.1, -0.05) is 18.2 Å². The van der Waals surface area contributed by atoms with Gasteiger partial charge in [0.2, 0.25) is 0 Å². The normalized spacial score (nSPS) is 10.5. The van der Waals surface area contributed by atoms with Crippen LogP contribution in [0, 0.1) is 6.92 Å². The highest BCUT2D eigenvalue weighted by atomic mass is 16.4. The zero-order chi connectivity index (χ0) is 14.8. The molecule has 0 saturated carbocycles. The second-order valence-electron chi connectivity index (χ2n) is 4.85. The Morgan fingerprint density at radius 2 is 1.81 bits per heavy atom. The molecule has 0 aliphatic rings. The van der Waals surface area contributed by atoms with Crippen molar-refractivity contribution in [3.63, 3.8) is 0 Å². The molecule has 0 spiro atoms. The van der Waals surface area contributed by atoms with Crippen LogP contribution in [-0.4, -0.2) is 16.1 Å². The first kappa shape index (κ1) is 13.1. The summed E-state index contributed by atoms with van der Waals surface area (Å²) in [5, 5.41) is 13.2. The molecule has 0 aliphatic heterocycles. The molecule has 0 bridgehead atoms. The lowest BCUT2D eigenvalue weighted by Crippen LogP contribution is -1.99. The number of aryl methyl sites for hydroxylation is 1. The molecule has 1 heterocycles. The lowest BCUT2D eigenvalue weighted by Gasteiger charge is -2.10. The van der Waals surface area contributed by atoms with Crippen LogP contribution in [0.4, 0.5) is 11.5 Å². The molecule has 0 atom stereocenters. The number of carboxylic acids is 1. The second kappa shape index (κ2) is 5.25. The highest BCUT2D eigenvalue weighted by Crippen LogP contribution is 2.23. The molecule has 3 aromatic rings. The Kier molecular flexibility index (Phi) is 3.28. The van der Waals surface area contributed by atoms with Gasteiger partial charge in [-0.25, -0.2) is 9.78 Å². The second-order valence-corrected chi connectivity index (χ2v) is 4.85. The van der Waals surface area contributed by atoms with E-state index in [2.05, 4.69) is 16.4 Å². The number of aromatic carboxylic acids is 1. The van der Waals surface area contributed by atoms with E-state index in [0.29, 0.717) is 0 Å². The van der Waals surface area contributed by atoms with Gasteiger partial charge in [-0.2, -0.15) is 0 Å². The molecular formula is C17H14N2O2. The van der Waals surface area contributed by atoms with Gasteiger partial charge in [0.1, 0.15) is 5.82 Å². The molecule has 1 aromatic heterocycles. The number of aromatic nitrogens is 1. The van der Waals surface area contributed by atoms with Crippen LogP contribution in [0.15, 0.2) is 54.6 Å². The first-order valence-electron chi connectivity index (χ1n) is 6.60. The smallest absolute Gasteiger partial charge is 0.335 e. The predicted octanol–water partition coefficient (Wildman–Crippen LogP) is 3.99. The fourth-order valence-corrected chi connectivity index (χ4v) is 2.18. The molecule has 0 radical (unpaired) electrons. The highest BCUT2D eigenvalue weighted by Gasteiger charge is 2.05. The van der Waals surface area contributed by atoms with Gasteiger partial charge in [-0.05, 0) is 48.9 Å². The van der Waals surface area contributed by atoms with Crippen molar-refractivity contribution in [2.24, 2.45) is 0 Å². The Labute approximate surface area is 122 Å². The fraction of sp³-hybridized carbons (Fsp3) is 0.0588. The van der Waals surface area contributed by atoms with Gasteiger partial charge in [0.05, 0.1) is 11.1 Å². The molecule has 2 aromatic carbocycles. The number of para-hydroxylation sites is 1. The molecule has 0 aliphatic carbocycles. The number of benzene rings is 2. The molecule has 0 unspecified atom stereocenters. The summed E-state index contributed by atoms with van der Waals surface area (Å²) in [6, 6.07) is 16.6. The fourth-order valence-electron chi connectivity index (χ4n) is 2.18. The van der Waals surface area contributed by atoms with Gasteiger partial charge in [0.25, 0.3) is 0 Å². The number of carbonyl (C=O) groups is 1. The predicted molar refractivity (Wildman–Crippen MR) is 83.2 cm³/mol. The van der Waals surface area contributed by atoms with Gasteiger partial charge < -0.3 is 10.4 Å². The lowest BCUT2D eigenvalue weighted by atomic mass is 10.1. The number of carboxylic acid groups (broad SMARTS) is 1. The van der Waals surface area contributed by atoms with Crippen LogP contribution in [0.1, 0.15) is 15.9 Å². The summed E-state index contributed by atoms with van der Waals surface area (Å²) >= 11 is 0. The third-order valence-corrected chi connectivity index (χ3v) is 3.31. The molecule has 0 fully saturated rings. The maximum absolute atomic E-state index is 10.8. The molecule has 4 heteroatoms. The Morgan fingerprint density at radius 1 is 1.10 bits per heavy atom. The minimum absolute atomic E-state index is 0.267. The van der Waals surface area contributed by atoms with E-state index in [0.717, 1.165) is 28.0 Å². The average Bonchev–Trinajstić information content (AvgIpc) is 2.48. The molecule has 104 valence electrons. The first-order valence-corrected chi connectivity index (χ1v) is 6.60. The number of pyridine rings is 1. The van der Waals surface area contributed by atoms with Crippen LogP contribution in [-0.2, 0) is 0 Å². The molecule has 3 rings (SSSR count). The third-order valence-electron chi connectivity index (χ3n) is 3.31. The van der Waals surface area contributed by atoms with E-state index in [9.17, 15) is 4.79 Å². The summed E-state index contributed by atoms with van der Waals surface area (Å²) in [6.45, 7) is 1.99. The van der Waals surface area contributed by atoms with E-state index >= 15 is 0 Å². The quantitative estimate of drug-likeness (QED) is 0.760. The maximum atomic E-state index is 10.8. The monoisotopic (exact) mass is 278 g/mol. The van der Waals surface area contributed by atoms with E-state index in [1.165, 1.54) is 0 Å². The topological polar surface area (TPSA) is 62.2 Å². The third kappa shape index (κ3) is 2.69. The number of rotatable bonds is 3. The molecule has 4 nitrogen and oxygen atoms in total. The van der Waals surface area contributed by atoms with Crippen molar-refractivity contribution < 1.29 is 9.90 Å². The summed E-state index contributed by atoms with van der Waals surface area (Å²) in [7, 11) is 0. The summed E-state index contributed by atoms with van der Waals surface area (Å²) < 4.78 is 0. The molecular weight excluding hydrogens is 264 g/mol. The SMILES string of the molecule is Cc1cc2ccccc2nc1Nc1ccc(C(=O)O)cc1. The van der Waals surface area contributed by atoms with E-state index < -0.39 is 5.97 Å². The van der Waals surface area contributed by atoms with E-state index in [1.54, 1.807) is 24.3 Å². The van der Waals surface area contributed by atoms with Gasteiger partial charge in [-0.3, -0.25) is 0 Å². The Morgan fingerprint density at radius 3 is 2.52 bits per heavy atom. The minimum atomic E-state index is -0.929. The molecule has 2 N–H and O–H groups in total. The van der Waals surface area contributed by atoms with Crippen molar-refractivity contribution in [3.05, 3.63) is 65.7 Å². The maximum Gasteiger partial charge on any atom is 0.335 e. The standard InChI is InChI=1S/C17H14N2O2/c1-11-10-13-4-2-3-5-15(13)19-16(11)18-14-8-6-12(7-9-14)17(20)21/h2-10H,1H3,(H,18,19)(H,20,21). The average molecular weight is 278 g/mol. The summed E-state index contributed by atoms with van der Waals surface area (Å²) in [4.78, 5) is 15.4. The summed E-state index contributed by atoms with van der Waals surface area (Å²) in [5.74, 6) is -0.154. The van der Waals surface area contributed by atoms with E-state index in [1.807, 2.05) is 31.2 Å². The Hall–Kier alpha value is -2.88. The molecule has 0 saturated heterocycles. The van der Waals surface area contributed by atoms with Crippen LogP contribution in [0.3, 0.4) is 0 Å². The van der Waals surface area contributed by atoms with Crippen LogP contribution < -0.4 is 5.32 Å². The van der Waals surface area contributed by atoms with Crippen molar-refractivity contribution in [2.45, 2.75) is 6.92 Å². The van der Waals surface area contributed by atoms with Crippen molar-refractivity contribution in [3.8, 4) is 0 Å². The minimum Gasteiger partial charge on any atom is -0.478 e. The zero-order valence-corrected chi connectivity index (χ0v) is 11.5. The summed E-state index contributed by atoms with van der Waals surface area (Å²) in [5.41, 5.74) is 3.04. The Bertz CT molecular complexity index is 811. The lowest BCUT2D eigenvalue weighted by molar-refractivity contribution is 0.0697. The van der Waals surface area contributed by atoms with Gasteiger partial charge in [-0.15, -0.1) is 0 Å². The highest BCUT2D eigenvalue weighted by molar-refractivity contribution is 5.88. The number of nitrogens with one attached hydrogen (secondary N) is 1. The first-order chi connectivity index (χ1) is 10.1. The van der Waals surface area contributed by atoms with Crippen molar-refractivity contribution in [1.29, 1.82) is 0 Å². The number of anilines is 2. The van der Waals surface area contributed by atoms with E-state index in [-0.39, 0.29) is 5.56 Å². The summed E-state index contributed by atoms with van der Waals surface area (Å²) in [6.07, 6.45) is 0. The number of hydrogen-bond acceptors (Lipinski definition) is 3. The zero-order valence-electron chi connectivity index (χ0n) is 11.5. The van der Waals surface area contributed by atoms with E-state index in [4.69, 9.17) is 5.11 Å². The molecule has 0 amide bonds. The van der Waals surface area contributed by atoms with Gasteiger partial charge >= 0.3 is 5.97 Å².